The second-order valence-corrected chi connectivity index (χ2v) is 7.32. The SMILES string of the molecule is CCc1cccc2nc(-c3cc(C)ccc3F)c(Nc3c(C)cccc3Cl)n12. The molecule has 0 saturated carbocycles. The summed E-state index contributed by atoms with van der Waals surface area (Å²) in [4.78, 5) is 4.77. The zero-order valence-electron chi connectivity index (χ0n) is 16.1. The minimum atomic E-state index is -0.300. The van der Waals surface area contributed by atoms with Gasteiger partial charge in [-0.05, 0) is 56.2 Å². The molecule has 4 aromatic rings. The Morgan fingerprint density at radius 3 is 2.61 bits per heavy atom. The van der Waals surface area contributed by atoms with E-state index in [1.807, 2.05) is 54.6 Å². The van der Waals surface area contributed by atoms with Crippen LogP contribution in [0, 0.1) is 19.7 Å². The number of hydrogen-bond donors (Lipinski definition) is 1. The van der Waals surface area contributed by atoms with Crippen LogP contribution in [0.4, 0.5) is 15.9 Å². The third kappa shape index (κ3) is 3.14. The van der Waals surface area contributed by atoms with Gasteiger partial charge in [-0.2, -0.15) is 0 Å². The molecule has 0 spiro atoms. The number of anilines is 2. The minimum absolute atomic E-state index is 0.300. The number of nitrogens with zero attached hydrogens (tertiary/aromatic N) is 2. The summed E-state index contributed by atoms with van der Waals surface area (Å²) in [6.07, 6.45) is 0.819. The molecule has 142 valence electrons. The predicted octanol–water partition coefficient (Wildman–Crippen LogP) is 6.72. The summed E-state index contributed by atoms with van der Waals surface area (Å²) in [5.41, 5.74) is 5.67. The van der Waals surface area contributed by atoms with Crippen LogP contribution >= 0.6 is 11.6 Å². The monoisotopic (exact) mass is 393 g/mol. The summed E-state index contributed by atoms with van der Waals surface area (Å²) in [5.74, 6) is 0.416. The van der Waals surface area contributed by atoms with Gasteiger partial charge >= 0.3 is 0 Å². The van der Waals surface area contributed by atoms with E-state index in [1.54, 1.807) is 6.07 Å². The van der Waals surface area contributed by atoms with Crippen molar-refractivity contribution in [2.45, 2.75) is 27.2 Å². The van der Waals surface area contributed by atoms with Crippen molar-refractivity contribution in [2.24, 2.45) is 0 Å². The molecule has 0 aliphatic carbocycles. The summed E-state index contributed by atoms with van der Waals surface area (Å²) < 4.78 is 16.8. The summed E-state index contributed by atoms with van der Waals surface area (Å²) >= 11 is 6.46. The van der Waals surface area contributed by atoms with Crippen LogP contribution in [0.2, 0.25) is 5.02 Å². The van der Waals surface area contributed by atoms with E-state index in [-0.39, 0.29) is 5.82 Å². The maximum atomic E-state index is 14.7. The lowest BCUT2D eigenvalue weighted by Crippen LogP contribution is -2.03. The van der Waals surface area contributed by atoms with Crippen LogP contribution < -0.4 is 5.32 Å². The minimum Gasteiger partial charge on any atom is -0.338 e. The van der Waals surface area contributed by atoms with Crippen LogP contribution in [0.25, 0.3) is 16.9 Å². The first kappa shape index (κ1) is 18.5. The lowest BCUT2D eigenvalue weighted by atomic mass is 10.1. The van der Waals surface area contributed by atoms with Crippen molar-refractivity contribution >= 4 is 28.8 Å². The second-order valence-electron chi connectivity index (χ2n) is 6.91. The smallest absolute Gasteiger partial charge is 0.143 e. The van der Waals surface area contributed by atoms with E-state index >= 15 is 0 Å². The van der Waals surface area contributed by atoms with Crippen molar-refractivity contribution < 1.29 is 4.39 Å². The molecular weight excluding hydrogens is 373 g/mol. The molecule has 2 aromatic heterocycles. The molecular formula is C23H21ClFN3. The quantitative estimate of drug-likeness (QED) is 0.417. The first-order valence-corrected chi connectivity index (χ1v) is 9.66. The van der Waals surface area contributed by atoms with Crippen LogP contribution in [0.1, 0.15) is 23.7 Å². The number of fused-ring (bicyclic) bond motifs is 1. The van der Waals surface area contributed by atoms with Crippen LogP contribution in [0.3, 0.4) is 0 Å². The van der Waals surface area contributed by atoms with Crippen molar-refractivity contribution in [1.29, 1.82) is 0 Å². The topological polar surface area (TPSA) is 29.3 Å². The third-order valence-electron chi connectivity index (χ3n) is 4.93. The van der Waals surface area contributed by atoms with Gasteiger partial charge in [0.1, 0.15) is 23.0 Å². The molecule has 0 bridgehead atoms. The summed E-state index contributed by atoms with van der Waals surface area (Å²) in [5, 5.41) is 4.06. The molecule has 0 aliphatic rings. The maximum Gasteiger partial charge on any atom is 0.143 e. The van der Waals surface area contributed by atoms with Gasteiger partial charge in [-0.25, -0.2) is 9.37 Å². The third-order valence-corrected chi connectivity index (χ3v) is 5.24. The standard InChI is InChI=1S/C23H21ClFN3/c1-4-16-8-6-10-20-26-22(17-13-14(2)11-12-19(17)25)23(28(16)20)27-21-15(3)7-5-9-18(21)24/h5-13,27H,4H2,1-3H3. The Bertz CT molecular complexity index is 1160. The van der Waals surface area contributed by atoms with Crippen LogP contribution in [0.15, 0.2) is 54.6 Å². The van der Waals surface area contributed by atoms with E-state index in [0.29, 0.717) is 22.1 Å². The highest BCUT2D eigenvalue weighted by atomic mass is 35.5. The largest absolute Gasteiger partial charge is 0.338 e. The van der Waals surface area contributed by atoms with E-state index in [1.165, 1.54) is 6.07 Å². The Morgan fingerprint density at radius 1 is 1.07 bits per heavy atom. The molecule has 0 fully saturated rings. The molecule has 0 saturated heterocycles. The molecule has 2 heterocycles. The van der Waals surface area contributed by atoms with Gasteiger partial charge in [0.15, 0.2) is 0 Å². The van der Waals surface area contributed by atoms with Crippen molar-refractivity contribution in [1.82, 2.24) is 9.38 Å². The maximum absolute atomic E-state index is 14.7. The Morgan fingerprint density at radius 2 is 1.86 bits per heavy atom. The molecule has 0 aliphatic heterocycles. The van der Waals surface area contributed by atoms with E-state index in [2.05, 4.69) is 18.3 Å². The number of rotatable bonds is 4. The van der Waals surface area contributed by atoms with Gasteiger partial charge in [0.25, 0.3) is 0 Å². The Balaban J connectivity index is 2.03. The lowest BCUT2D eigenvalue weighted by Gasteiger charge is -2.15. The number of para-hydroxylation sites is 1. The summed E-state index contributed by atoms with van der Waals surface area (Å²) in [7, 11) is 0. The molecule has 2 aromatic carbocycles. The molecule has 3 nitrogen and oxygen atoms in total. The highest BCUT2D eigenvalue weighted by Gasteiger charge is 2.20. The number of nitrogens with one attached hydrogen (secondary N) is 1. The highest BCUT2D eigenvalue weighted by molar-refractivity contribution is 6.33. The zero-order valence-corrected chi connectivity index (χ0v) is 16.8. The number of aromatic nitrogens is 2. The van der Waals surface area contributed by atoms with Crippen molar-refractivity contribution in [2.75, 3.05) is 5.32 Å². The van der Waals surface area contributed by atoms with Crippen molar-refractivity contribution in [3.05, 3.63) is 82.3 Å². The molecule has 4 rings (SSSR count). The van der Waals surface area contributed by atoms with Gasteiger partial charge < -0.3 is 5.32 Å². The normalized spacial score (nSPS) is 11.2. The van der Waals surface area contributed by atoms with E-state index in [4.69, 9.17) is 16.6 Å². The lowest BCUT2D eigenvalue weighted by molar-refractivity contribution is 0.630. The van der Waals surface area contributed by atoms with Crippen LogP contribution in [-0.4, -0.2) is 9.38 Å². The molecule has 0 unspecified atom stereocenters. The first-order valence-electron chi connectivity index (χ1n) is 9.28. The average Bonchev–Trinajstić information content (AvgIpc) is 3.05. The van der Waals surface area contributed by atoms with E-state index < -0.39 is 0 Å². The van der Waals surface area contributed by atoms with Gasteiger partial charge in [-0.1, -0.05) is 48.4 Å². The zero-order chi connectivity index (χ0) is 19.8. The van der Waals surface area contributed by atoms with Crippen molar-refractivity contribution in [3.63, 3.8) is 0 Å². The van der Waals surface area contributed by atoms with Gasteiger partial charge in [0, 0.05) is 11.3 Å². The highest BCUT2D eigenvalue weighted by Crippen LogP contribution is 2.36. The number of benzene rings is 2. The number of imidazole rings is 1. The van der Waals surface area contributed by atoms with E-state index in [9.17, 15) is 4.39 Å². The van der Waals surface area contributed by atoms with Gasteiger partial charge in [0.05, 0.1) is 10.7 Å². The Hall–Kier alpha value is -2.85. The molecule has 28 heavy (non-hydrogen) atoms. The van der Waals surface area contributed by atoms with Gasteiger partial charge in [0.2, 0.25) is 0 Å². The fourth-order valence-electron chi connectivity index (χ4n) is 3.47. The number of aryl methyl sites for hydroxylation is 3. The molecule has 5 heteroatoms. The van der Waals surface area contributed by atoms with Crippen LogP contribution in [0.5, 0.6) is 0 Å². The first-order chi connectivity index (χ1) is 13.5. The fourth-order valence-corrected chi connectivity index (χ4v) is 3.74. The fraction of sp³-hybridized carbons (Fsp3) is 0.174. The molecule has 0 radical (unpaired) electrons. The number of pyridine rings is 1. The average molecular weight is 394 g/mol. The Kier molecular flexibility index (Phi) is 4.82. The number of hydrogen-bond acceptors (Lipinski definition) is 2. The summed E-state index contributed by atoms with van der Waals surface area (Å²) in [6.45, 7) is 6.03. The van der Waals surface area contributed by atoms with Crippen LogP contribution in [-0.2, 0) is 6.42 Å². The molecule has 0 atom stereocenters. The van der Waals surface area contributed by atoms with Gasteiger partial charge in [-0.15, -0.1) is 0 Å². The predicted molar refractivity (Wildman–Crippen MR) is 114 cm³/mol. The number of halogens is 2. The summed E-state index contributed by atoms with van der Waals surface area (Å²) in [6, 6.07) is 16.8. The van der Waals surface area contributed by atoms with E-state index in [0.717, 1.165) is 34.6 Å². The Labute approximate surface area is 168 Å². The van der Waals surface area contributed by atoms with Crippen molar-refractivity contribution in [3.8, 4) is 11.3 Å². The van der Waals surface area contributed by atoms with Gasteiger partial charge in [-0.3, -0.25) is 4.40 Å². The second kappa shape index (κ2) is 7.28. The molecule has 1 N–H and O–H groups in total. The molecule has 0 amide bonds.